The van der Waals surface area contributed by atoms with E-state index in [1.54, 1.807) is 0 Å². The SMILES string of the molecule is Br.Br.Br.Br.N.N.N.N. The molecule has 0 amide bonds. The van der Waals surface area contributed by atoms with Crippen LogP contribution >= 0.6 is 67.9 Å². The summed E-state index contributed by atoms with van der Waals surface area (Å²) in [4.78, 5) is 0. The fraction of sp³-hybridized carbons (Fsp3) is 0. The molecule has 0 rings (SSSR count). The molecule has 0 spiro atoms. The van der Waals surface area contributed by atoms with Crippen LogP contribution in [0.3, 0.4) is 0 Å². The van der Waals surface area contributed by atoms with Crippen molar-refractivity contribution in [1.82, 2.24) is 24.6 Å². The molecule has 0 aliphatic rings. The summed E-state index contributed by atoms with van der Waals surface area (Å²) < 4.78 is 0. The zero-order valence-corrected chi connectivity index (χ0v) is 11.3. The van der Waals surface area contributed by atoms with Crippen LogP contribution in [0.4, 0.5) is 0 Å². The lowest BCUT2D eigenvalue weighted by atomic mass is 14.0. The molecule has 4 nitrogen and oxygen atoms in total. The third kappa shape index (κ3) is 114. The first kappa shape index (κ1) is 242. The Morgan fingerprint density at radius 2 is 0.250 bits per heavy atom. The van der Waals surface area contributed by atoms with E-state index in [0.717, 1.165) is 0 Å². The van der Waals surface area contributed by atoms with E-state index in [4.69, 9.17) is 0 Å². The Morgan fingerprint density at radius 1 is 0.250 bits per heavy atom. The van der Waals surface area contributed by atoms with Crippen LogP contribution in [-0.2, 0) is 0 Å². The number of hydrogen-bond donors (Lipinski definition) is 4. The lowest BCUT2D eigenvalue weighted by Crippen LogP contribution is -0.482. The van der Waals surface area contributed by atoms with Gasteiger partial charge in [0.25, 0.3) is 0 Å². The topological polar surface area (TPSA) is 140 Å². The maximum Gasteiger partial charge on any atom is -0.114 e. The molecule has 64 valence electrons. The first-order chi connectivity index (χ1) is 0. The van der Waals surface area contributed by atoms with Crippen LogP contribution in [0.15, 0.2) is 0 Å². The largest absolute Gasteiger partial charge is 0.344 e. The van der Waals surface area contributed by atoms with Crippen LogP contribution in [-0.4, -0.2) is 0 Å². The Labute approximate surface area is 92.0 Å². The van der Waals surface area contributed by atoms with Crippen molar-refractivity contribution in [2.45, 2.75) is 0 Å². The minimum atomic E-state index is 0. The molecule has 0 fully saturated rings. The van der Waals surface area contributed by atoms with Gasteiger partial charge >= 0.3 is 0 Å². The fourth-order valence-corrected chi connectivity index (χ4v) is 0. The molecule has 0 unspecified atom stereocenters. The second-order valence-electron chi connectivity index (χ2n) is 0. The molecule has 8 heavy (non-hydrogen) atoms. The van der Waals surface area contributed by atoms with Crippen molar-refractivity contribution in [3.63, 3.8) is 0 Å². The Morgan fingerprint density at radius 3 is 0.250 bits per heavy atom. The van der Waals surface area contributed by atoms with Gasteiger partial charge in [-0.15, -0.1) is 67.9 Å². The van der Waals surface area contributed by atoms with Crippen LogP contribution in [0.1, 0.15) is 0 Å². The summed E-state index contributed by atoms with van der Waals surface area (Å²) in [6.07, 6.45) is 0. The van der Waals surface area contributed by atoms with E-state index in [9.17, 15) is 0 Å². The van der Waals surface area contributed by atoms with Crippen molar-refractivity contribution in [3.05, 3.63) is 0 Å². The number of halogens is 4. The first-order valence-electron chi connectivity index (χ1n) is 0. The highest BCUT2D eigenvalue weighted by Gasteiger charge is -0.111. The molecule has 8 heteroatoms. The van der Waals surface area contributed by atoms with Gasteiger partial charge in [0.15, 0.2) is 0 Å². The van der Waals surface area contributed by atoms with E-state index < -0.39 is 0 Å². The van der Waals surface area contributed by atoms with Crippen LogP contribution in [0.5, 0.6) is 0 Å². The molecule has 0 heterocycles. The van der Waals surface area contributed by atoms with Crippen LogP contribution in [0, 0.1) is 0 Å². The van der Waals surface area contributed by atoms with Gasteiger partial charge in [0, 0.05) is 0 Å². The first-order valence-corrected chi connectivity index (χ1v) is 0. The minimum Gasteiger partial charge on any atom is -0.344 e. The van der Waals surface area contributed by atoms with Gasteiger partial charge in [-0.1, -0.05) is 0 Å². The maximum absolute atomic E-state index is 0. The van der Waals surface area contributed by atoms with E-state index in [2.05, 4.69) is 0 Å². The average molecular weight is 392 g/mol. The molecule has 0 aromatic heterocycles. The molecule has 0 aliphatic heterocycles. The predicted molar refractivity (Wildman–Crippen MR) is 61.4 cm³/mol. The minimum absolute atomic E-state index is 0. The summed E-state index contributed by atoms with van der Waals surface area (Å²) in [6.45, 7) is 0. The van der Waals surface area contributed by atoms with Gasteiger partial charge in [-0.2, -0.15) is 0 Å². The van der Waals surface area contributed by atoms with Crippen LogP contribution < -0.4 is 24.6 Å². The lowest BCUT2D eigenvalue weighted by molar-refractivity contribution is 2.13. The van der Waals surface area contributed by atoms with Gasteiger partial charge < -0.3 is 24.6 Å². The van der Waals surface area contributed by atoms with Crippen molar-refractivity contribution in [2.75, 3.05) is 0 Å². The molecule has 0 aromatic carbocycles. The van der Waals surface area contributed by atoms with Crippen molar-refractivity contribution < 1.29 is 0 Å². The number of hydrogen-bond acceptors (Lipinski definition) is 4. The molecule has 12 N–H and O–H groups in total. The van der Waals surface area contributed by atoms with Gasteiger partial charge in [-0.05, 0) is 0 Å². The molecule has 0 aromatic rings. The summed E-state index contributed by atoms with van der Waals surface area (Å²) in [5, 5.41) is 0. The van der Waals surface area contributed by atoms with E-state index >= 15 is 0 Å². The van der Waals surface area contributed by atoms with Gasteiger partial charge in [-0.25, -0.2) is 0 Å². The van der Waals surface area contributed by atoms with Crippen molar-refractivity contribution >= 4 is 67.9 Å². The van der Waals surface area contributed by atoms with E-state index in [1.807, 2.05) is 0 Å². The summed E-state index contributed by atoms with van der Waals surface area (Å²) in [5.74, 6) is 0. The van der Waals surface area contributed by atoms with Gasteiger partial charge in [0.1, 0.15) is 0 Å². The van der Waals surface area contributed by atoms with Crippen LogP contribution in [0.2, 0.25) is 0 Å². The molecule has 0 bridgehead atoms. The normalized spacial score (nSPS) is 0. The fourth-order valence-electron chi connectivity index (χ4n) is 0. The zero-order valence-electron chi connectivity index (χ0n) is 4.46. The standard InChI is InChI=1S/4BrH.4H3N/h4*1H;4*1H3. The average Bonchev–Trinajstić information content (AvgIpc) is 0. The maximum atomic E-state index is 0. The Bertz CT molecular complexity index is 8.00. The van der Waals surface area contributed by atoms with Gasteiger partial charge in [0.2, 0.25) is 0 Å². The highest BCUT2D eigenvalue weighted by atomic mass is 79.9. The zero-order chi connectivity index (χ0) is 0. The molecule has 0 saturated heterocycles. The highest BCUT2D eigenvalue weighted by molar-refractivity contribution is 8.93. The lowest BCUT2D eigenvalue weighted by Gasteiger charge is -0.345. The summed E-state index contributed by atoms with van der Waals surface area (Å²) in [7, 11) is 0. The summed E-state index contributed by atoms with van der Waals surface area (Å²) in [6, 6.07) is 0. The van der Waals surface area contributed by atoms with Crippen molar-refractivity contribution in [2.24, 2.45) is 0 Å². The van der Waals surface area contributed by atoms with Gasteiger partial charge in [0.05, 0.1) is 0 Å². The van der Waals surface area contributed by atoms with Gasteiger partial charge in [-0.3, -0.25) is 0 Å². The van der Waals surface area contributed by atoms with Crippen molar-refractivity contribution in [1.29, 1.82) is 0 Å². The monoisotopic (exact) mass is 388 g/mol. The van der Waals surface area contributed by atoms with E-state index in [-0.39, 0.29) is 92.5 Å². The summed E-state index contributed by atoms with van der Waals surface area (Å²) >= 11 is 0. The van der Waals surface area contributed by atoms with E-state index in [1.165, 1.54) is 0 Å². The van der Waals surface area contributed by atoms with Crippen LogP contribution in [0.25, 0.3) is 0 Å². The van der Waals surface area contributed by atoms with E-state index in [0.29, 0.717) is 0 Å². The predicted octanol–water partition coefficient (Wildman–Crippen LogP) is 2.96. The highest BCUT2D eigenvalue weighted by Crippen LogP contribution is 0.849. The Kier molecular flexibility index (Phi) is 5150. The Hall–Kier alpha value is 1.76. The molecular formula is H16Br4N4. The third-order valence-corrected chi connectivity index (χ3v) is 0. The second kappa shape index (κ2) is 170. The Balaban J connectivity index is 0. The molecule has 0 atom stereocenters. The molecule has 0 radical (unpaired) electrons. The quantitative estimate of drug-likeness (QED) is 0.503. The molecular weight excluding hydrogens is 376 g/mol. The summed E-state index contributed by atoms with van der Waals surface area (Å²) in [5.41, 5.74) is 0. The van der Waals surface area contributed by atoms with Crippen molar-refractivity contribution in [3.8, 4) is 0 Å². The number of rotatable bonds is 0. The smallest absolute Gasteiger partial charge is 0.114 e. The third-order valence-electron chi connectivity index (χ3n) is 0. The molecule has 0 aliphatic carbocycles. The molecule has 0 saturated carbocycles. The second-order valence-corrected chi connectivity index (χ2v) is 0.